The summed E-state index contributed by atoms with van der Waals surface area (Å²) in [4.78, 5) is 1.34. The molecule has 0 spiro atoms. The van der Waals surface area contributed by atoms with Gasteiger partial charge in [-0.15, -0.1) is 11.8 Å². The summed E-state index contributed by atoms with van der Waals surface area (Å²) in [6, 6.07) is 19.1. The van der Waals surface area contributed by atoms with E-state index >= 15 is 0 Å². The molecule has 0 aliphatic carbocycles. The average molecular weight is 238 g/mol. The molecule has 0 saturated heterocycles. The molecular formula is C16H14S. The Morgan fingerprint density at radius 3 is 2.29 bits per heavy atom. The molecule has 0 radical (unpaired) electrons. The molecule has 1 unspecified atom stereocenters. The van der Waals surface area contributed by atoms with Gasteiger partial charge in [-0.25, -0.2) is 0 Å². The lowest BCUT2D eigenvalue weighted by atomic mass is 9.89. The molecule has 3 rings (SSSR count). The SMILES string of the molecule is C=C1c2ccccc2SC1(C)c1ccccc1. The molecule has 1 heterocycles. The number of rotatable bonds is 1. The first kappa shape index (κ1) is 10.7. The molecule has 0 aromatic heterocycles. The Labute approximate surface area is 106 Å². The van der Waals surface area contributed by atoms with Crippen molar-refractivity contribution in [2.24, 2.45) is 0 Å². The number of benzene rings is 2. The van der Waals surface area contributed by atoms with Crippen molar-refractivity contribution in [1.82, 2.24) is 0 Å². The van der Waals surface area contributed by atoms with E-state index in [-0.39, 0.29) is 4.75 Å². The van der Waals surface area contributed by atoms with Crippen molar-refractivity contribution in [3.63, 3.8) is 0 Å². The summed E-state index contributed by atoms with van der Waals surface area (Å²) >= 11 is 1.90. The van der Waals surface area contributed by atoms with E-state index < -0.39 is 0 Å². The van der Waals surface area contributed by atoms with Crippen LogP contribution in [0.15, 0.2) is 66.1 Å². The van der Waals surface area contributed by atoms with Crippen LogP contribution >= 0.6 is 11.8 Å². The molecule has 2 aromatic carbocycles. The van der Waals surface area contributed by atoms with Gasteiger partial charge in [0.1, 0.15) is 0 Å². The average Bonchev–Trinajstić information content (AvgIpc) is 2.65. The summed E-state index contributed by atoms with van der Waals surface area (Å²) in [5.41, 5.74) is 3.83. The molecule has 2 aromatic rings. The van der Waals surface area contributed by atoms with Crippen LogP contribution in [0, 0.1) is 0 Å². The van der Waals surface area contributed by atoms with E-state index in [0.717, 1.165) is 0 Å². The van der Waals surface area contributed by atoms with Crippen LogP contribution in [-0.4, -0.2) is 0 Å². The molecule has 0 N–H and O–H groups in total. The van der Waals surface area contributed by atoms with Crippen molar-refractivity contribution in [3.05, 3.63) is 72.3 Å². The van der Waals surface area contributed by atoms with E-state index in [0.29, 0.717) is 0 Å². The van der Waals surface area contributed by atoms with Gasteiger partial charge in [-0.05, 0) is 29.7 Å². The van der Waals surface area contributed by atoms with E-state index in [4.69, 9.17) is 0 Å². The lowest BCUT2D eigenvalue weighted by Crippen LogP contribution is -2.14. The van der Waals surface area contributed by atoms with Crippen molar-refractivity contribution < 1.29 is 0 Å². The van der Waals surface area contributed by atoms with E-state index in [1.54, 1.807) is 0 Å². The monoisotopic (exact) mass is 238 g/mol. The lowest BCUT2D eigenvalue weighted by molar-refractivity contribution is 0.920. The van der Waals surface area contributed by atoms with Crippen LogP contribution in [0.5, 0.6) is 0 Å². The predicted molar refractivity (Wildman–Crippen MR) is 75.1 cm³/mol. The third-order valence-corrected chi connectivity index (χ3v) is 4.89. The van der Waals surface area contributed by atoms with Gasteiger partial charge in [0.05, 0.1) is 4.75 Å². The van der Waals surface area contributed by atoms with Gasteiger partial charge in [0.25, 0.3) is 0 Å². The minimum absolute atomic E-state index is 0.0229. The maximum absolute atomic E-state index is 4.30. The smallest absolute Gasteiger partial charge is 0.0676 e. The van der Waals surface area contributed by atoms with Crippen molar-refractivity contribution in [2.45, 2.75) is 16.6 Å². The van der Waals surface area contributed by atoms with Crippen molar-refractivity contribution in [1.29, 1.82) is 0 Å². The topological polar surface area (TPSA) is 0 Å². The Kier molecular flexibility index (Phi) is 2.37. The minimum atomic E-state index is -0.0229. The molecule has 0 fully saturated rings. The zero-order valence-electron chi connectivity index (χ0n) is 9.81. The highest BCUT2D eigenvalue weighted by atomic mass is 32.2. The first-order chi connectivity index (χ1) is 8.22. The fourth-order valence-corrected chi connectivity index (χ4v) is 3.71. The van der Waals surface area contributed by atoms with Gasteiger partial charge in [-0.2, -0.15) is 0 Å². The van der Waals surface area contributed by atoms with Crippen LogP contribution in [-0.2, 0) is 4.75 Å². The number of hydrogen-bond donors (Lipinski definition) is 0. The van der Waals surface area contributed by atoms with Crippen LogP contribution in [0.1, 0.15) is 18.1 Å². The molecule has 0 saturated carbocycles. The van der Waals surface area contributed by atoms with Crippen LogP contribution in [0.4, 0.5) is 0 Å². The maximum Gasteiger partial charge on any atom is 0.0676 e. The second-order valence-corrected chi connectivity index (χ2v) is 5.94. The van der Waals surface area contributed by atoms with Crippen molar-refractivity contribution in [2.75, 3.05) is 0 Å². The molecule has 1 aliphatic rings. The van der Waals surface area contributed by atoms with Crippen LogP contribution < -0.4 is 0 Å². The summed E-state index contributed by atoms with van der Waals surface area (Å²) in [6.07, 6.45) is 0. The molecule has 0 nitrogen and oxygen atoms in total. The van der Waals surface area contributed by atoms with Gasteiger partial charge < -0.3 is 0 Å². The van der Waals surface area contributed by atoms with Crippen LogP contribution in [0.25, 0.3) is 5.57 Å². The Bertz CT molecular complexity index is 571. The third kappa shape index (κ3) is 1.54. The largest absolute Gasteiger partial charge is 0.109 e. The summed E-state index contributed by atoms with van der Waals surface area (Å²) in [5, 5.41) is 0. The van der Waals surface area contributed by atoms with E-state index in [1.807, 2.05) is 11.8 Å². The molecule has 84 valence electrons. The van der Waals surface area contributed by atoms with Gasteiger partial charge in [0.2, 0.25) is 0 Å². The zero-order valence-corrected chi connectivity index (χ0v) is 10.6. The summed E-state index contributed by atoms with van der Waals surface area (Å²) < 4.78 is -0.0229. The quantitative estimate of drug-likeness (QED) is 0.692. The first-order valence-corrected chi connectivity index (χ1v) is 6.57. The molecule has 1 heteroatoms. The maximum atomic E-state index is 4.30. The van der Waals surface area contributed by atoms with Crippen molar-refractivity contribution in [3.8, 4) is 0 Å². The van der Waals surface area contributed by atoms with Crippen molar-refractivity contribution >= 4 is 17.3 Å². The normalized spacial score (nSPS) is 22.5. The number of fused-ring (bicyclic) bond motifs is 1. The third-order valence-electron chi connectivity index (χ3n) is 3.43. The summed E-state index contributed by atoms with van der Waals surface area (Å²) in [7, 11) is 0. The second kappa shape index (κ2) is 3.78. The molecule has 0 bridgehead atoms. The lowest BCUT2D eigenvalue weighted by Gasteiger charge is -2.25. The van der Waals surface area contributed by atoms with Crippen LogP contribution in [0.3, 0.4) is 0 Å². The summed E-state index contributed by atoms with van der Waals surface area (Å²) in [5.74, 6) is 0. The Morgan fingerprint density at radius 1 is 0.941 bits per heavy atom. The Morgan fingerprint density at radius 2 is 1.59 bits per heavy atom. The van der Waals surface area contributed by atoms with Gasteiger partial charge in [0, 0.05) is 4.90 Å². The highest BCUT2D eigenvalue weighted by Crippen LogP contribution is 2.57. The standard InChI is InChI=1S/C16H14S/c1-12-14-10-6-7-11-15(14)17-16(12,2)13-8-4-3-5-9-13/h3-11H,1H2,2H3. The number of hydrogen-bond acceptors (Lipinski definition) is 1. The second-order valence-electron chi connectivity index (χ2n) is 4.48. The highest BCUT2D eigenvalue weighted by Gasteiger charge is 2.38. The van der Waals surface area contributed by atoms with Gasteiger partial charge in [0.15, 0.2) is 0 Å². The zero-order chi connectivity index (χ0) is 11.9. The molecule has 1 atom stereocenters. The minimum Gasteiger partial charge on any atom is -0.109 e. The van der Waals surface area contributed by atoms with E-state index in [1.165, 1.54) is 21.6 Å². The Balaban J connectivity index is 2.12. The predicted octanol–water partition coefficient (Wildman–Crippen LogP) is 4.72. The molecular weight excluding hydrogens is 224 g/mol. The number of thioether (sulfide) groups is 1. The van der Waals surface area contributed by atoms with Crippen LogP contribution in [0.2, 0.25) is 0 Å². The first-order valence-electron chi connectivity index (χ1n) is 5.75. The van der Waals surface area contributed by atoms with E-state index in [2.05, 4.69) is 68.1 Å². The Hall–Kier alpha value is -1.47. The highest BCUT2D eigenvalue weighted by molar-refractivity contribution is 8.01. The fraction of sp³-hybridized carbons (Fsp3) is 0.125. The van der Waals surface area contributed by atoms with Gasteiger partial charge >= 0.3 is 0 Å². The van der Waals surface area contributed by atoms with E-state index in [9.17, 15) is 0 Å². The fourth-order valence-electron chi connectivity index (χ4n) is 2.33. The molecule has 17 heavy (non-hydrogen) atoms. The van der Waals surface area contributed by atoms with Gasteiger partial charge in [-0.3, -0.25) is 0 Å². The van der Waals surface area contributed by atoms with Gasteiger partial charge in [-0.1, -0.05) is 55.1 Å². The summed E-state index contributed by atoms with van der Waals surface area (Å²) in [6.45, 7) is 6.56. The molecule has 0 amide bonds. The molecule has 1 aliphatic heterocycles.